The zero-order valence-corrected chi connectivity index (χ0v) is 23.5. The van der Waals surface area contributed by atoms with Gasteiger partial charge in [0.15, 0.2) is 11.4 Å². The van der Waals surface area contributed by atoms with Crippen molar-refractivity contribution in [3.05, 3.63) is 108 Å². The van der Waals surface area contributed by atoms with Crippen molar-refractivity contribution < 1.29 is 28.5 Å². The second-order valence-corrected chi connectivity index (χ2v) is 8.87. The Hall–Kier alpha value is -3.19. The van der Waals surface area contributed by atoms with Gasteiger partial charge in [0, 0.05) is 30.6 Å². The maximum atomic E-state index is 3.78. The van der Waals surface area contributed by atoms with Gasteiger partial charge in [-0.15, -0.1) is 0 Å². The smallest absolute Gasteiger partial charge is 0.289 e. The van der Waals surface area contributed by atoms with Gasteiger partial charge in [-0.25, -0.2) is 14.1 Å². The highest BCUT2D eigenvalue weighted by molar-refractivity contribution is 5.79. The lowest BCUT2D eigenvalue weighted by atomic mass is 9.99. The fourth-order valence-electron chi connectivity index (χ4n) is 4.80. The maximum absolute atomic E-state index is 3.78. The van der Waals surface area contributed by atoms with Crippen LogP contribution in [0, 0.1) is 20.8 Å². The molecule has 35 heavy (non-hydrogen) atoms. The van der Waals surface area contributed by atoms with Crippen molar-refractivity contribution in [1.82, 2.24) is 14.1 Å². The van der Waals surface area contributed by atoms with Gasteiger partial charge >= 0.3 is 0 Å². The first-order valence-electron chi connectivity index (χ1n) is 11.6. The number of benzene rings is 3. The van der Waals surface area contributed by atoms with Crippen LogP contribution < -0.4 is 28.5 Å². The van der Waals surface area contributed by atoms with Crippen LogP contribution in [0.5, 0.6) is 0 Å². The number of nitrogens with zero attached hydrogens (tertiary/aromatic N) is 4. The summed E-state index contributed by atoms with van der Waals surface area (Å²) < 4.78 is 6.59. The molecule has 0 fully saturated rings. The molecule has 0 unspecified atom stereocenters. The highest BCUT2D eigenvalue weighted by Gasteiger charge is 2.31. The van der Waals surface area contributed by atoms with E-state index in [4.69, 9.17) is 0 Å². The zero-order chi connectivity index (χ0) is 24.2. The molecule has 3 aromatic carbocycles. The molecule has 2 heterocycles. The fourth-order valence-corrected chi connectivity index (χ4v) is 4.80. The topological polar surface area (TPSA) is 26.6 Å². The van der Waals surface area contributed by atoms with E-state index < -0.39 is 0 Å². The van der Waals surface area contributed by atoms with Crippen LogP contribution in [-0.2, 0) is 21.1 Å². The van der Waals surface area contributed by atoms with Gasteiger partial charge in [0.2, 0.25) is 0 Å². The monoisotopic (exact) mass is 576 g/mol. The van der Waals surface area contributed by atoms with Gasteiger partial charge in [-0.2, -0.15) is 0 Å². The summed E-state index contributed by atoms with van der Waals surface area (Å²) in [5, 5.41) is 0. The molecule has 0 saturated carbocycles. The van der Waals surface area contributed by atoms with Gasteiger partial charge < -0.3 is 28.5 Å². The summed E-state index contributed by atoms with van der Waals surface area (Å²) in [4.78, 5) is 3.78. The second-order valence-electron chi connectivity index (χ2n) is 8.87. The van der Waals surface area contributed by atoms with Crippen molar-refractivity contribution in [3.8, 4) is 33.9 Å². The molecule has 0 amide bonds. The number of aromatic nitrogens is 4. The van der Waals surface area contributed by atoms with Crippen molar-refractivity contribution in [3.63, 3.8) is 0 Å². The Balaban J connectivity index is 0.000000429. The number of rotatable bonds is 3. The van der Waals surface area contributed by atoms with Crippen LogP contribution in [0.15, 0.2) is 91.5 Å². The van der Waals surface area contributed by atoms with Gasteiger partial charge in [0.1, 0.15) is 0 Å². The molecule has 0 atom stereocenters. The van der Waals surface area contributed by atoms with Crippen LogP contribution in [0.1, 0.15) is 16.7 Å². The van der Waals surface area contributed by atoms with Crippen molar-refractivity contribution >= 4 is 0 Å². The summed E-state index contributed by atoms with van der Waals surface area (Å²) >= 11 is 0. The molecule has 0 aliphatic rings. The van der Waals surface area contributed by atoms with Crippen LogP contribution in [0.3, 0.4) is 0 Å². The van der Waals surface area contributed by atoms with Crippen molar-refractivity contribution in [2.75, 3.05) is 0 Å². The van der Waals surface area contributed by atoms with Crippen molar-refractivity contribution in [2.24, 2.45) is 21.1 Å². The first-order valence-corrected chi connectivity index (χ1v) is 11.6. The summed E-state index contributed by atoms with van der Waals surface area (Å²) in [5.41, 5.74) is 10.2. The lowest BCUT2D eigenvalue weighted by Crippen LogP contribution is -3.00. The van der Waals surface area contributed by atoms with Gasteiger partial charge in [0.25, 0.3) is 5.82 Å². The Labute approximate surface area is 225 Å². The minimum absolute atomic E-state index is 0. The third kappa shape index (κ3) is 5.56. The third-order valence-electron chi connectivity index (χ3n) is 6.16. The normalized spacial score (nSPS) is 10.3. The fraction of sp³-hybridized carbons (Fsp3) is 0.200. The largest absolute Gasteiger partial charge is 1.00 e. The summed E-state index contributed by atoms with van der Waals surface area (Å²) in [5.74, 6) is 1.23. The number of imidazole rings is 2. The molecule has 0 N–H and O–H groups in total. The van der Waals surface area contributed by atoms with E-state index in [0.29, 0.717) is 0 Å². The Bertz CT molecular complexity index is 1300. The highest BCUT2D eigenvalue weighted by atomic mass is 127. The number of hydrogen-bond acceptors (Lipinski definition) is 1. The summed E-state index contributed by atoms with van der Waals surface area (Å²) in [6.45, 7) is 6.60. The molecule has 5 heteroatoms. The average molecular weight is 577 g/mol. The quantitative estimate of drug-likeness (QED) is 0.240. The Kier molecular flexibility index (Phi) is 8.67. The SMILES string of the molecule is Cc1cc(C)c(-c2n(C)c(-c3ccccc3)c(-c3ccccc3)[n+]2C)c(C)c1.Cn1ccnc1.[I-]. The molecule has 0 radical (unpaired) electrons. The Morgan fingerprint density at radius 2 is 1.31 bits per heavy atom. The molecule has 0 aliphatic carbocycles. The van der Waals surface area contributed by atoms with E-state index in [1.165, 1.54) is 50.6 Å². The van der Waals surface area contributed by atoms with E-state index in [1.807, 2.05) is 17.8 Å². The summed E-state index contributed by atoms with van der Waals surface area (Å²) in [6, 6.07) is 25.9. The van der Waals surface area contributed by atoms with Crippen LogP contribution in [0.4, 0.5) is 0 Å². The van der Waals surface area contributed by atoms with E-state index in [2.05, 4.69) is 122 Å². The number of hydrogen-bond donors (Lipinski definition) is 0. The standard InChI is InChI=1S/C26H27N2.C4H6N2.HI/c1-18-16-19(2)23(20(3)17-18)26-27(4)24(21-12-8-6-9-13-21)25(28(26)5)22-14-10-7-11-15-22;1-6-3-2-5-4-6;/h6-17H,1-5H3;2-4H,1H3;1H/q+1;;/p-1. The molecule has 0 bridgehead atoms. The van der Waals surface area contributed by atoms with Crippen LogP contribution >= 0.6 is 0 Å². The lowest BCUT2D eigenvalue weighted by molar-refractivity contribution is -0.648. The zero-order valence-electron chi connectivity index (χ0n) is 21.3. The predicted octanol–water partition coefficient (Wildman–Crippen LogP) is 3.20. The molecule has 0 saturated heterocycles. The first-order chi connectivity index (χ1) is 16.4. The summed E-state index contributed by atoms with van der Waals surface area (Å²) in [6.07, 6.45) is 5.39. The molecule has 0 spiro atoms. The van der Waals surface area contributed by atoms with E-state index in [9.17, 15) is 0 Å². The van der Waals surface area contributed by atoms with Crippen LogP contribution in [-0.4, -0.2) is 14.1 Å². The second kappa shape index (κ2) is 11.5. The average Bonchev–Trinajstić information content (AvgIpc) is 3.40. The molecular formula is C30H33IN4. The molecule has 180 valence electrons. The molecule has 5 aromatic rings. The minimum Gasteiger partial charge on any atom is -1.00 e. The Morgan fingerprint density at radius 1 is 0.771 bits per heavy atom. The molecule has 5 rings (SSSR count). The predicted molar refractivity (Wildman–Crippen MR) is 140 cm³/mol. The third-order valence-corrected chi connectivity index (χ3v) is 6.16. The summed E-state index contributed by atoms with van der Waals surface area (Å²) in [7, 11) is 6.30. The van der Waals surface area contributed by atoms with E-state index in [0.717, 1.165) is 0 Å². The number of halogens is 1. The van der Waals surface area contributed by atoms with Crippen molar-refractivity contribution in [2.45, 2.75) is 20.8 Å². The van der Waals surface area contributed by atoms with Gasteiger partial charge in [-0.3, -0.25) is 0 Å². The number of aryl methyl sites for hydroxylation is 4. The van der Waals surface area contributed by atoms with Gasteiger partial charge in [-0.1, -0.05) is 78.4 Å². The first kappa shape index (κ1) is 26.4. The van der Waals surface area contributed by atoms with Crippen molar-refractivity contribution in [1.29, 1.82) is 0 Å². The lowest BCUT2D eigenvalue weighted by Gasteiger charge is -2.09. The van der Waals surface area contributed by atoms with E-state index in [1.54, 1.807) is 12.5 Å². The Morgan fingerprint density at radius 3 is 1.77 bits per heavy atom. The van der Waals surface area contributed by atoms with Crippen LogP contribution in [0.2, 0.25) is 0 Å². The van der Waals surface area contributed by atoms with E-state index in [-0.39, 0.29) is 24.0 Å². The minimum atomic E-state index is 0. The molecular weight excluding hydrogens is 543 g/mol. The maximum Gasteiger partial charge on any atom is 0.289 e. The van der Waals surface area contributed by atoms with E-state index >= 15 is 0 Å². The highest BCUT2D eigenvalue weighted by Crippen LogP contribution is 2.35. The molecule has 4 nitrogen and oxygen atoms in total. The van der Waals surface area contributed by atoms with Crippen LogP contribution in [0.25, 0.3) is 33.9 Å². The molecule has 2 aromatic heterocycles. The molecule has 0 aliphatic heterocycles. The van der Waals surface area contributed by atoms with Gasteiger partial charge in [0.05, 0.1) is 26.0 Å². The van der Waals surface area contributed by atoms with Gasteiger partial charge in [-0.05, 0) is 31.9 Å².